The van der Waals surface area contributed by atoms with Gasteiger partial charge >= 0.3 is 5.97 Å². The van der Waals surface area contributed by atoms with Gasteiger partial charge in [-0.1, -0.05) is 35.2 Å². The van der Waals surface area contributed by atoms with Crippen molar-refractivity contribution in [2.45, 2.75) is 6.92 Å². The highest BCUT2D eigenvalue weighted by atomic mass is 19.1. The fraction of sp³-hybridized carbons (Fsp3) is 0.100. The van der Waals surface area contributed by atoms with Crippen LogP contribution in [-0.4, -0.2) is 17.7 Å². The van der Waals surface area contributed by atoms with Crippen LogP contribution in [-0.2, 0) is 4.74 Å². The first kappa shape index (κ1) is 16.5. The summed E-state index contributed by atoms with van der Waals surface area (Å²) in [5.74, 6) is 5.07. The summed E-state index contributed by atoms with van der Waals surface area (Å²) < 4.78 is 23.3. The van der Waals surface area contributed by atoms with E-state index in [-0.39, 0.29) is 18.0 Å². The summed E-state index contributed by atoms with van der Waals surface area (Å²) in [6, 6.07) is 15.0. The summed E-state index contributed by atoms with van der Waals surface area (Å²) in [5, 5.41) is 3.88. The Hall–Kier alpha value is -3.39. The van der Waals surface area contributed by atoms with Gasteiger partial charge in [0.25, 0.3) is 0 Å². The number of halogens is 1. The number of aryl methyl sites for hydroxylation is 1. The lowest BCUT2D eigenvalue weighted by Crippen LogP contribution is -2.07. The Balaban J connectivity index is 1.73. The first-order chi connectivity index (χ1) is 12.1. The number of carbonyl (C=O) groups excluding carboxylic acids is 1. The van der Waals surface area contributed by atoms with Crippen molar-refractivity contribution in [1.29, 1.82) is 0 Å². The molecule has 0 aliphatic carbocycles. The first-order valence-electron chi connectivity index (χ1n) is 7.58. The van der Waals surface area contributed by atoms with Crippen molar-refractivity contribution in [1.82, 2.24) is 5.16 Å². The number of aromatic nitrogens is 1. The molecule has 5 heteroatoms. The zero-order chi connectivity index (χ0) is 17.6. The summed E-state index contributed by atoms with van der Waals surface area (Å²) >= 11 is 0. The quantitative estimate of drug-likeness (QED) is 0.536. The Bertz CT molecular complexity index is 935. The number of benzene rings is 2. The monoisotopic (exact) mass is 335 g/mol. The highest BCUT2D eigenvalue weighted by molar-refractivity contribution is 5.97. The largest absolute Gasteiger partial charge is 0.449 e. The Labute approximate surface area is 144 Å². The predicted octanol–water partition coefficient (Wildman–Crippen LogP) is 4.00. The van der Waals surface area contributed by atoms with Crippen molar-refractivity contribution < 1.29 is 18.4 Å². The smallest absolute Gasteiger partial charge is 0.345 e. The molecule has 0 atom stereocenters. The van der Waals surface area contributed by atoms with Crippen LogP contribution in [0.5, 0.6) is 0 Å². The molecule has 2 aromatic carbocycles. The van der Waals surface area contributed by atoms with Crippen molar-refractivity contribution in [2.75, 3.05) is 6.61 Å². The van der Waals surface area contributed by atoms with Gasteiger partial charge in [-0.25, -0.2) is 9.18 Å². The van der Waals surface area contributed by atoms with Gasteiger partial charge in [0, 0.05) is 11.1 Å². The van der Waals surface area contributed by atoms with Gasteiger partial charge in [-0.2, -0.15) is 0 Å². The van der Waals surface area contributed by atoms with Crippen molar-refractivity contribution >= 4 is 5.97 Å². The molecule has 124 valence electrons. The molecule has 1 heterocycles. The molecular formula is C20H14FNO3. The van der Waals surface area contributed by atoms with E-state index in [0.717, 1.165) is 5.56 Å². The first-order valence-corrected chi connectivity index (χ1v) is 7.58. The van der Waals surface area contributed by atoms with E-state index in [1.54, 1.807) is 6.92 Å². The molecule has 0 saturated carbocycles. The van der Waals surface area contributed by atoms with Gasteiger partial charge in [0.1, 0.15) is 22.8 Å². The minimum absolute atomic E-state index is 0.0544. The molecule has 0 saturated heterocycles. The summed E-state index contributed by atoms with van der Waals surface area (Å²) in [4.78, 5) is 12.3. The molecule has 0 unspecified atom stereocenters. The van der Waals surface area contributed by atoms with E-state index in [4.69, 9.17) is 9.26 Å². The minimum Gasteiger partial charge on any atom is -0.449 e. The Morgan fingerprint density at radius 1 is 1.16 bits per heavy atom. The maximum absolute atomic E-state index is 13.1. The van der Waals surface area contributed by atoms with Crippen LogP contribution in [0.25, 0.3) is 11.3 Å². The molecule has 0 spiro atoms. The SMILES string of the molecule is Cc1onc(-c2ccc(F)cc2)c1C(=O)OCC#Cc1ccccc1. The summed E-state index contributed by atoms with van der Waals surface area (Å²) in [6.45, 7) is 1.56. The molecule has 0 aliphatic rings. The van der Waals surface area contributed by atoms with E-state index < -0.39 is 5.97 Å². The molecule has 0 radical (unpaired) electrons. The molecule has 25 heavy (non-hydrogen) atoms. The van der Waals surface area contributed by atoms with Gasteiger partial charge < -0.3 is 9.26 Å². The van der Waals surface area contributed by atoms with E-state index in [1.165, 1.54) is 24.3 Å². The third-order valence-corrected chi connectivity index (χ3v) is 3.47. The molecule has 0 aliphatic heterocycles. The molecule has 0 bridgehead atoms. The number of rotatable bonds is 3. The average molecular weight is 335 g/mol. The lowest BCUT2D eigenvalue weighted by atomic mass is 10.1. The van der Waals surface area contributed by atoms with Crippen molar-refractivity contribution in [3.8, 4) is 23.1 Å². The van der Waals surface area contributed by atoms with Crippen LogP contribution >= 0.6 is 0 Å². The van der Waals surface area contributed by atoms with Crippen LogP contribution in [0.15, 0.2) is 59.1 Å². The molecule has 1 aromatic heterocycles. The zero-order valence-corrected chi connectivity index (χ0v) is 13.5. The average Bonchev–Trinajstić information content (AvgIpc) is 3.02. The predicted molar refractivity (Wildman–Crippen MR) is 90.2 cm³/mol. The summed E-state index contributed by atoms with van der Waals surface area (Å²) in [7, 11) is 0. The van der Waals surface area contributed by atoms with Crippen LogP contribution in [0, 0.1) is 24.6 Å². The third-order valence-electron chi connectivity index (χ3n) is 3.47. The van der Waals surface area contributed by atoms with E-state index >= 15 is 0 Å². The standard InChI is InChI=1S/C20H14FNO3/c1-14-18(19(22-25-14)16-9-11-17(21)12-10-16)20(23)24-13-5-8-15-6-3-2-4-7-15/h2-4,6-7,9-12H,13H2,1H3. The Morgan fingerprint density at radius 2 is 1.88 bits per heavy atom. The lowest BCUT2D eigenvalue weighted by Gasteiger charge is -2.02. The van der Waals surface area contributed by atoms with Crippen LogP contribution < -0.4 is 0 Å². The van der Waals surface area contributed by atoms with E-state index in [1.807, 2.05) is 30.3 Å². The number of hydrogen-bond donors (Lipinski definition) is 0. The number of hydrogen-bond acceptors (Lipinski definition) is 4. The fourth-order valence-electron chi connectivity index (χ4n) is 2.25. The Kier molecular flexibility index (Phi) is 4.91. The molecular weight excluding hydrogens is 321 g/mol. The van der Waals surface area contributed by atoms with Gasteiger partial charge in [0.2, 0.25) is 0 Å². The number of ether oxygens (including phenoxy) is 1. The molecule has 0 N–H and O–H groups in total. The fourth-order valence-corrected chi connectivity index (χ4v) is 2.25. The van der Waals surface area contributed by atoms with Crippen LogP contribution in [0.1, 0.15) is 21.7 Å². The van der Waals surface area contributed by atoms with Crippen molar-refractivity contribution in [3.05, 3.63) is 77.3 Å². The third kappa shape index (κ3) is 3.93. The molecule has 3 rings (SSSR count). The van der Waals surface area contributed by atoms with Gasteiger partial charge in [-0.15, -0.1) is 0 Å². The van der Waals surface area contributed by atoms with Gasteiger partial charge in [0.05, 0.1) is 0 Å². The number of nitrogens with zero attached hydrogens (tertiary/aromatic N) is 1. The van der Waals surface area contributed by atoms with Crippen LogP contribution in [0.3, 0.4) is 0 Å². The van der Waals surface area contributed by atoms with Gasteiger partial charge in [-0.3, -0.25) is 0 Å². The highest BCUT2D eigenvalue weighted by Crippen LogP contribution is 2.26. The second kappa shape index (κ2) is 7.45. The van der Waals surface area contributed by atoms with E-state index in [9.17, 15) is 9.18 Å². The van der Waals surface area contributed by atoms with E-state index in [2.05, 4.69) is 17.0 Å². The van der Waals surface area contributed by atoms with Crippen molar-refractivity contribution in [3.63, 3.8) is 0 Å². The highest BCUT2D eigenvalue weighted by Gasteiger charge is 2.22. The zero-order valence-electron chi connectivity index (χ0n) is 13.5. The van der Waals surface area contributed by atoms with Gasteiger partial charge in [-0.05, 0) is 43.3 Å². The summed E-state index contributed by atoms with van der Waals surface area (Å²) in [6.07, 6.45) is 0. The summed E-state index contributed by atoms with van der Waals surface area (Å²) in [5.41, 5.74) is 1.94. The van der Waals surface area contributed by atoms with Crippen LogP contribution in [0.4, 0.5) is 4.39 Å². The molecule has 3 aromatic rings. The second-order valence-electron chi connectivity index (χ2n) is 5.21. The Morgan fingerprint density at radius 3 is 2.60 bits per heavy atom. The molecule has 0 amide bonds. The lowest BCUT2D eigenvalue weighted by molar-refractivity contribution is 0.0555. The number of carbonyl (C=O) groups is 1. The maximum atomic E-state index is 13.1. The normalized spacial score (nSPS) is 10.0. The number of esters is 1. The van der Waals surface area contributed by atoms with Crippen molar-refractivity contribution in [2.24, 2.45) is 0 Å². The van der Waals surface area contributed by atoms with Gasteiger partial charge in [0.15, 0.2) is 6.61 Å². The molecule has 4 nitrogen and oxygen atoms in total. The topological polar surface area (TPSA) is 52.3 Å². The van der Waals surface area contributed by atoms with E-state index in [0.29, 0.717) is 17.0 Å². The maximum Gasteiger partial charge on any atom is 0.345 e. The molecule has 0 fully saturated rings. The minimum atomic E-state index is -0.583. The van der Waals surface area contributed by atoms with Crippen LogP contribution in [0.2, 0.25) is 0 Å². The second-order valence-corrected chi connectivity index (χ2v) is 5.21.